The van der Waals surface area contributed by atoms with Gasteiger partial charge in [0.05, 0.1) is 16.5 Å². The molecule has 1 atom stereocenters. The Bertz CT molecular complexity index is 228. The van der Waals surface area contributed by atoms with E-state index in [0.29, 0.717) is 15.7 Å². The van der Waals surface area contributed by atoms with Crippen LogP contribution in [-0.4, -0.2) is 5.25 Å². The number of nitrogens with zero attached hydrogens (tertiary/aromatic N) is 2. The first-order chi connectivity index (χ1) is 4.77. The van der Waals surface area contributed by atoms with Crippen LogP contribution in [0.3, 0.4) is 0 Å². The molecule has 10 heavy (non-hydrogen) atoms. The molecule has 1 unspecified atom stereocenters. The molecule has 0 radical (unpaired) electrons. The van der Waals surface area contributed by atoms with E-state index in [1.807, 2.05) is 19.1 Å². The molecule has 0 aliphatic carbocycles. The SMILES string of the molecule is CC1CC(C#N)=C(C#N)S1. The van der Waals surface area contributed by atoms with Crippen molar-refractivity contribution in [3.63, 3.8) is 0 Å². The smallest absolute Gasteiger partial charge is 0.107 e. The van der Waals surface area contributed by atoms with E-state index in [1.54, 1.807) is 0 Å². The molecule has 0 saturated carbocycles. The zero-order valence-electron chi connectivity index (χ0n) is 5.59. The van der Waals surface area contributed by atoms with Crippen LogP contribution in [0.5, 0.6) is 0 Å². The van der Waals surface area contributed by atoms with E-state index >= 15 is 0 Å². The van der Waals surface area contributed by atoms with Gasteiger partial charge < -0.3 is 0 Å². The average Bonchev–Trinajstić information content (AvgIpc) is 2.30. The number of allylic oxidation sites excluding steroid dienone is 2. The molecule has 1 rings (SSSR count). The highest BCUT2D eigenvalue weighted by Gasteiger charge is 2.20. The molecule has 1 heterocycles. The molecule has 0 saturated heterocycles. The fourth-order valence-corrected chi connectivity index (χ4v) is 1.86. The first kappa shape index (κ1) is 7.18. The van der Waals surface area contributed by atoms with Crippen LogP contribution in [0.25, 0.3) is 0 Å². The van der Waals surface area contributed by atoms with Crippen molar-refractivity contribution in [3.05, 3.63) is 10.5 Å². The van der Waals surface area contributed by atoms with Gasteiger partial charge in [0.15, 0.2) is 0 Å². The van der Waals surface area contributed by atoms with E-state index < -0.39 is 0 Å². The maximum Gasteiger partial charge on any atom is 0.107 e. The molecule has 1 aliphatic rings. The highest BCUT2D eigenvalue weighted by Crippen LogP contribution is 2.36. The second kappa shape index (κ2) is 2.77. The third-order valence-electron chi connectivity index (χ3n) is 1.32. The van der Waals surface area contributed by atoms with Gasteiger partial charge in [0.2, 0.25) is 0 Å². The average molecular weight is 150 g/mol. The summed E-state index contributed by atoms with van der Waals surface area (Å²) in [4.78, 5) is 0.606. The maximum atomic E-state index is 8.51. The van der Waals surface area contributed by atoms with E-state index in [0.717, 1.165) is 6.42 Å². The van der Waals surface area contributed by atoms with Crippen LogP contribution in [0.4, 0.5) is 0 Å². The summed E-state index contributed by atoms with van der Waals surface area (Å²) >= 11 is 1.49. The van der Waals surface area contributed by atoms with Gasteiger partial charge in [-0.2, -0.15) is 10.5 Å². The summed E-state index contributed by atoms with van der Waals surface area (Å²) in [5.41, 5.74) is 0.653. The number of rotatable bonds is 0. The molecule has 0 N–H and O–H groups in total. The fraction of sp³-hybridized carbons (Fsp3) is 0.429. The Morgan fingerprint density at radius 3 is 2.60 bits per heavy atom. The lowest BCUT2D eigenvalue weighted by Gasteiger charge is -1.93. The fourth-order valence-electron chi connectivity index (χ4n) is 0.884. The largest absolute Gasteiger partial charge is 0.193 e. The van der Waals surface area contributed by atoms with Crippen molar-refractivity contribution >= 4 is 11.8 Å². The number of hydrogen-bond donors (Lipinski definition) is 0. The normalized spacial score (nSPS) is 24.1. The second-order valence-corrected chi connectivity index (χ2v) is 3.61. The van der Waals surface area contributed by atoms with Gasteiger partial charge in [0.1, 0.15) is 6.07 Å². The summed E-state index contributed by atoms with van der Waals surface area (Å²) in [6.45, 7) is 2.02. The molecule has 1 aliphatic heterocycles. The van der Waals surface area contributed by atoms with Gasteiger partial charge in [-0.1, -0.05) is 6.92 Å². The van der Waals surface area contributed by atoms with Crippen LogP contribution in [0.2, 0.25) is 0 Å². The molecule has 0 aromatic carbocycles. The van der Waals surface area contributed by atoms with Crippen molar-refractivity contribution < 1.29 is 0 Å². The van der Waals surface area contributed by atoms with E-state index in [-0.39, 0.29) is 0 Å². The quantitative estimate of drug-likeness (QED) is 0.529. The summed E-state index contributed by atoms with van der Waals surface area (Å²) in [5, 5.41) is 17.4. The lowest BCUT2D eigenvalue weighted by Crippen LogP contribution is -1.86. The first-order valence-electron chi connectivity index (χ1n) is 2.98. The van der Waals surface area contributed by atoms with Crippen molar-refractivity contribution in [3.8, 4) is 12.1 Å². The second-order valence-electron chi connectivity index (χ2n) is 2.16. The van der Waals surface area contributed by atoms with Gasteiger partial charge in [0.25, 0.3) is 0 Å². The van der Waals surface area contributed by atoms with Gasteiger partial charge >= 0.3 is 0 Å². The minimum Gasteiger partial charge on any atom is -0.193 e. The van der Waals surface area contributed by atoms with E-state index in [1.165, 1.54) is 11.8 Å². The summed E-state index contributed by atoms with van der Waals surface area (Å²) in [6.07, 6.45) is 0.754. The Kier molecular flexibility index (Phi) is 1.99. The predicted octanol–water partition coefficient (Wildman–Crippen LogP) is 1.81. The number of hydrogen-bond acceptors (Lipinski definition) is 3. The van der Waals surface area contributed by atoms with Gasteiger partial charge in [-0.15, -0.1) is 11.8 Å². The topological polar surface area (TPSA) is 47.6 Å². The zero-order chi connectivity index (χ0) is 7.56. The third kappa shape index (κ3) is 1.15. The summed E-state index contributed by atoms with van der Waals surface area (Å²) in [6, 6.07) is 4.05. The Morgan fingerprint density at radius 2 is 2.20 bits per heavy atom. The maximum absolute atomic E-state index is 8.51. The van der Waals surface area contributed by atoms with Gasteiger partial charge in [-0.25, -0.2) is 0 Å². The Hall–Kier alpha value is -0.930. The Balaban J connectivity index is 2.86. The third-order valence-corrected chi connectivity index (χ3v) is 2.46. The molecule has 0 aromatic heterocycles. The first-order valence-corrected chi connectivity index (χ1v) is 3.86. The molecule has 50 valence electrons. The monoisotopic (exact) mass is 150 g/mol. The van der Waals surface area contributed by atoms with Crippen LogP contribution in [0.1, 0.15) is 13.3 Å². The van der Waals surface area contributed by atoms with Gasteiger partial charge in [-0.05, 0) is 6.42 Å². The van der Waals surface area contributed by atoms with E-state index in [2.05, 4.69) is 0 Å². The number of thioether (sulfide) groups is 1. The zero-order valence-corrected chi connectivity index (χ0v) is 6.40. The molecule has 0 fully saturated rings. The molecule has 3 heteroatoms. The van der Waals surface area contributed by atoms with Crippen molar-refractivity contribution in [2.75, 3.05) is 0 Å². The van der Waals surface area contributed by atoms with Gasteiger partial charge in [-0.3, -0.25) is 0 Å². The van der Waals surface area contributed by atoms with Crippen molar-refractivity contribution in [1.82, 2.24) is 0 Å². The van der Waals surface area contributed by atoms with Crippen LogP contribution in [0.15, 0.2) is 10.5 Å². The van der Waals surface area contributed by atoms with E-state index in [9.17, 15) is 0 Å². The van der Waals surface area contributed by atoms with E-state index in [4.69, 9.17) is 10.5 Å². The van der Waals surface area contributed by atoms with Crippen molar-refractivity contribution in [1.29, 1.82) is 10.5 Å². The van der Waals surface area contributed by atoms with Crippen LogP contribution < -0.4 is 0 Å². The highest BCUT2D eigenvalue weighted by atomic mass is 32.2. The molecular weight excluding hydrogens is 144 g/mol. The standard InChI is InChI=1S/C7H6N2S/c1-5-2-6(3-8)7(4-9)10-5/h5H,2H2,1H3. The summed E-state index contributed by atoms with van der Waals surface area (Å²) in [5.74, 6) is 0. The molecule has 0 aromatic rings. The lowest BCUT2D eigenvalue weighted by molar-refractivity contribution is 0.972. The van der Waals surface area contributed by atoms with Crippen molar-refractivity contribution in [2.24, 2.45) is 0 Å². The predicted molar refractivity (Wildman–Crippen MR) is 39.9 cm³/mol. The minimum atomic E-state index is 0.407. The Labute approximate surface area is 64.1 Å². The highest BCUT2D eigenvalue weighted by molar-refractivity contribution is 8.04. The summed E-state index contributed by atoms with van der Waals surface area (Å²) in [7, 11) is 0. The molecule has 2 nitrogen and oxygen atoms in total. The molecule has 0 spiro atoms. The van der Waals surface area contributed by atoms with Crippen molar-refractivity contribution in [2.45, 2.75) is 18.6 Å². The van der Waals surface area contributed by atoms with Crippen LogP contribution in [-0.2, 0) is 0 Å². The van der Waals surface area contributed by atoms with Gasteiger partial charge in [0, 0.05) is 5.25 Å². The molecular formula is C7H6N2S. The van der Waals surface area contributed by atoms with Crippen LogP contribution in [0, 0.1) is 22.7 Å². The lowest BCUT2D eigenvalue weighted by atomic mass is 10.2. The summed E-state index contributed by atoms with van der Waals surface area (Å²) < 4.78 is 0. The minimum absolute atomic E-state index is 0.407. The van der Waals surface area contributed by atoms with Crippen LogP contribution >= 0.6 is 11.8 Å². The Morgan fingerprint density at radius 1 is 1.50 bits per heavy atom. The molecule has 0 amide bonds. The molecule has 0 bridgehead atoms. The number of nitriles is 2.